The van der Waals surface area contributed by atoms with Crippen LogP contribution in [0.4, 0.5) is 4.79 Å². The lowest BCUT2D eigenvalue weighted by molar-refractivity contribution is 0.188. The molecule has 0 aliphatic carbocycles. The Morgan fingerprint density at radius 3 is 2.29 bits per heavy atom. The van der Waals surface area contributed by atoms with E-state index in [1.807, 2.05) is 30.3 Å². The molecule has 0 spiro atoms. The van der Waals surface area contributed by atoms with Crippen molar-refractivity contribution in [3.8, 4) is 0 Å². The zero-order chi connectivity index (χ0) is 17.4. The Labute approximate surface area is 144 Å². The van der Waals surface area contributed by atoms with Crippen LogP contribution in [0.3, 0.4) is 0 Å². The summed E-state index contributed by atoms with van der Waals surface area (Å²) in [6.45, 7) is 4.31. The minimum atomic E-state index is -3.09. The maximum Gasteiger partial charge on any atom is 0.314 e. The average molecular weight is 354 g/mol. The fourth-order valence-corrected chi connectivity index (χ4v) is 3.47. The van der Waals surface area contributed by atoms with Crippen LogP contribution in [0.25, 0.3) is 0 Å². The number of urea groups is 1. The van der Waals surface area contributed by atoms with Crippen LogP contribution < -0.4 is 10.6 Å². The summed E-state index contributed by atoms with van der Waals surface area (Å²) in [6.07, 6.45) is 2.05. The van der Waals surface area contributed by atoms with Gasteiger partial charge in [-0.3, -0.25) is 4.90 Å². The van der Waals surface area contributed by atoms with Crippen molar-refractivity contribution in [1.29, 1.82) is 0 Å². The summed E-state index contributed by atoms with van der Waals surface area (Å²) in [6, 6.07) is 9.85. The Hall–Kier alpha value is -1.64. The van der Waals surface area contributed by atoms with Gasteiger partial charge < -0.3 is 10.6 Å². The van der Waals surface area contributed by atoms with Gasteiger partial charge in [0, 0.05) is 45.8 Å². The monoisotopic (exact) mass is 354 g/mol. The SMILES string of the molecule is CS(=O)(=O)N1CCN(CCNC(=O)NCCc2ccccc2)CC1. The maximum absolute atomic E-state index is 11.7. The molecule has 0 atom stereocenters. The number of benzene rings is 1. The second kappa shape index (κ2) is 9.00. The van der Waals surface area contributed by atoms with E-state index in [-0.39, 0.29) is 6.03 Å². The van der Waals surface area contributed by atoms with E-state index in [1.165, 1.54) is 16.1 Å². The van der Waals surface area contributed by atoms with E-state index in [0.29, 0.717) is 39.3 Å². The lowest BCUT2D eigenvalue weighted by atomic mass is 10.1. The smallest absolute Gasteiger partial charge is 0.314 e. The molecule has 24 heavy (non-hydrogen) atoms. The van der Waals surface area contributed by atoms with Crippen molar-refractivity contribution in [1.82, 2.24) is 19.8 Å². The standard InChI is InChI=1S/C16H26N4O3S/c1-24(22,23)20-13-11-19(12-14-20)10-9-18-16(21)17-8-7-15-5-3-2-4-6-15/h2-6H,7-14H2,1H3,(H2,17,18,21). The number of piperazine rings is 1. The van der Waals surface area contributed by atoms with Crippen LogP contribution >= 0.6 is 0 Å². The topological polar surface area (TPSA) is 81.8 Å². The summed E-state index contributed by atoms with van der Waals surface area (Å²) in [5, 5.41) is 5.67. The third kappa shape index (κ3) is 6.46. The number of hydrogen-bond donors (Lipinski definition) is 2. The highest BCUT2D eigenvalue weighted by molar-refractivity contribution is 7.88. The highest BCUT2D eigenvalue weighted by Gasteiger charge is 2.22. The van der Waals surface area contributed by atoms with E-state index in [4.69, 9.17) is 0 Å². The van der Waals surface area contributed by atoms with Gasteiger partial charge in [-0.25, -0.2) is 13.2 Å². The van der Waals surface area contributed by atoms with E-state index < -0.39 is 10.0 Å². The van der Waals surface area contributed by atoms with Crippen molar-refractivity contribution < 1.29 is 13.2 Å². The number of nitrogens with one attached hydrogen (secondary N) is 2. The summed E-state index contributed by atoms with van der Waals surface area (Å²) in [5.74, 6) is 0. The third-order valence-electron chi connectivity index (χ3n) is 4.06. The zero-order valence-corrected chi connectivity index (χ0v) is 14.9. The van der Waals surface area contributed by atoms with Crippen LogP contribution in [0.5, 0.6) is 0 Å². The summed E-state index contributed by atoms with van der Waals surface area (Å²) < 4.78 is 24.4. The molecule has 134 valence electrons. The van der Waals surface area contributed by atoms with Gasteiger partial charge in [0.2, 0.25) is 10.0 Å². The van der Waals surface area contributed by atoms with Crippen molar-refractivity contribution >= 4 is 16.1 Å². The molecule has 1 aliphatic rings. The Balaban J connectivity index is 1.55. The molecule has 0 radical (unpaired) electrons. The number of hydrogen-bond acceptors (Lipinski definition) is 4. The Morgan fingerprint density at radius 2 is 1.67 bits per heavy atom. The van der Waals surface area contributed by atoms with Crippen molar-refractivity contribution in [3.05, 3.63) is 35.9 Å². The van der Waals surface area contributed by atoms with E-state index in [0.717, 1.165) is 13.0 Å². The van der Waals surface area contributed by atoms with Crippen LogP contribution in [0.15, 0.2) is 30.3 Å². The summed E-state index contributed by atoms with van der Waals surface area (Å²) >= 11 is 0. The molecule has 1 fully saturated rings. The molecule has 7 nitrogen and oxygen atoms in total. The number of amides is 2. The molecule has 2 amide bonds. The number of nitrogens with zero attached hydrogens (tertiary/aromatic N) is 2. The average Bonchev–Trinajstić information content (AvgIpc) is 2.55. The minimum absolute atomic E-state index is 0.166. The summed E-state index contributed by atoms with van der Waals surface area (Å²) in [5.41, 5.74) is 1.20. The lowest BCUT2D eigenvalue weighted by Gasteiger charge is -2.33. The first kappa shape index (κ1) is 18.7. The quantitative estimate of drug-likeness (QED) is 0.728. The van der Waals surface area contributed by atoms with Crippen LogP contribution in [-0.4, -0.2) is 75.7 Å². The van der Waals surface area contributed by atoms with Gasteiger partial charge >= 0.3 is 6.03 Å². The molecule has 1 aliphatic heterocycles. The fraction of sp³-hybridized carbons (Fsp3) is 0.562. The second-order valence-corrected chi connectivity index (χ2v) is 7.90. The van der Waals surface area contributed by atoms with Gasteiger partial charge in [-0.2, -0.15) is 4.31 Å². The molecule has 8 heteroatoms. The van der Waals surface area contributed by atoms with Gasteiger partial charge in [-0.05, 0) is 12.0 Å². The van der Waals surface area contributed by atoms with Gasteiger partial charge in [-0.1, -0.05) is 30.3 Å². The molecule has 1 saturated heterocycles. The molecule has 0 unspecified atom stereocenters. The van der Waals surface area contributed by atoms with Crippen molar-refractivity contribution in [2.45, 2.75) is 6.42 Å². The van der Waals surface area contributed by atoms with Crippen molar-refractivity contribution in [3.63, 3.8) is 0 Å². The molecular formula is C16H26N4O3S. The largest absolute Gasteiger partial charge is 0.338 e. The third-order valence-corrected chi connectivity index (χ3v) is 5.36. The molecule has 1 heterocycles. The molecular weight excluding hydrogens is 328 g/mol. The highest BCUT2D eigenvalue weighted by atomic mass is 32.2. The predicted octanol–water partition coefficient (Wildman–Crippen LogP) is 0.106. The Morgan fingerprint density at radius 1 is 1.04 bits per heavy atom. The maximum atomic E-state index is 11.7. The van der Waals surface area contributed by atoms with Gasteiger partial charge in [0.05, 0.1) is 6.26 Å². The Kier molecular flexibility index (Phi) is 7.01. The highest BCUT2D eigenvalue weighted by Crippen LogP contribution is 2.05. The van der Waals surface area contributed by atoms with Gasteiger partial charge in [0.25, 0.3) is 0 Å². The molecule has 1 aromatic rings. The number of sulfonamides is 1. The Bertz CT molecular complexity index is 613. The van der Waals surface area contributed by atoms with Crippen molar-refractivity contribution in [2.75, 3.05) is 52.1 Å². The molecule has 0 saturated carbocycles. The minimum Gasteiger partial charge on any atom is -0.338 e. The zero-order valence-electron chi connectivity index (χ0n) is 14.1. The first-order chi connectivity index (χ1) is 11.4. The molecule has 2 rings (SSSR count). The molecule has 2 N–H and O–H groups in total. The first-order valence-corrected chi connectivity index (χ1v) is 10.0. The van der Waals surface area contributed by atoms with Crippen molar-refractivity contribution in [2.24, 2.45) is 0 Å². The first-order valence-electron chi connectivity index (χ1n) is 8.18. The van der Waals surface area contributed by atoms with E-state index >= 15 is 0 Å². The van der Waals surface area contributed by atoms with Crippen LogP contribution in [0.2, 0.25) is 0 Å². The summed E-state index contributed by atoms with van der Waals surface area (Å²) in [4.78, 5) is 13.9. The van der Waals surface area contributed by atoms with Crippen LogP contribution in [0, 0.1) is 0 Å². The predicted molar refractivity (Wildman–Crippen MR) is 94.4 cm³/mol. The number of carbonyl (C=O) groups is 1. The second-order valence-electron chi connectivity index (χ2n) is 5.92. The number of rotatable bonds is 7. The molecule has 1 aromatic carbocycles. The number of carbonyl (C=O) groups excluding carboxylic acids is 1. The van der Waals surface area contributed by atoms with Crippen LogP contribution in [0.1, 0.15) is 5.56 Å². The van der Waals surface area contributed by atoms with E-state index in [2.05, 4.69) is 15.5 Å². The molecule has 0 bridgehead atoms. The van der Waals surface area contributed by atoms with Gasteiger partial charge in [0.1, 0.15) is 0 Å². The van der Waals surface area contributed by atoms with Gasteiger partial charge in [0.15, 0.2) is 0 Å². The normalized spacial score (nSPS) is 16.7. The molecule has 0 aromatic heterocycles. The fourth-order valence-electron chi connectivity index (χ4n) is 2.64. The van der Waals surface area contributed by atoms with E-state index in [1.54, 1.807) is 0 Å². The van der Waals surface area contributed by atoms with Gasteiger partial charge in [-0.15, -0.1) is 0 Å². The summed E-state index contributed by atoms with van der Waals surface area (Å²) in [7, 11) is -3.09. The van der Waals surface area contributed by atoms with E-state index in [9.17, 15) is 13.2 Å². The van der Waals surface area contributed by atoms with Crippen LogP contribution in [-0.2, 0) is 16.4 Å². The lowest BCUT2D eigenvalue weighted by Crippen LogP contribution is -2.50.